The van der Waals surface area contributed by atoms with Gasteiger partial charge < -0.3 is 15.2 Å². The lowest BCUT2D eigenvalue weighted by Gasteiger charge is -2.09. The second-order valence-electron chi connectivity index (χ2n) is 6.73. The fraction of sp³-hybridized carbons (Fsp3) is 0.190. The van der Waals surface area contributed by atoms with E-state index in [0.717, 1.165) is 5.56 Å². The Labute approximate surface area is 172 Å². The molecular formula is C21H21N5O4. The van der Waals surface area contributed by atoms with Crippen molar-refractivity contribution in [2.75, 3.05) is 17.2 Å². The topological polar surface area (TPSA) is 119 Å². The molecule has 1 heterocycles. The number of nitrogens with one attached hydrogen (secondary N) is 2. The molecule has 1 amide bonds. The van der Waals surface area contributed by atoms with E-state index in [1.807, 2.05) is 12.1 Å². The zero-order valence-corrected chi connectivity index (χ0v) is 16.6. The average Bonchev–Trinajstić information content (AvgIpc) is 3.14. The highest BCUT2D eigenvalue weighted by atomic mass is 16.6. The molecule has 1 aromatic heterocycles. The number of carbonyl (C=O) groups excluding carboxylic acids is 2. The Morgan fingerprint density at radius 2 is 1.90 bits per heavy atom. The lowest BCUT2D eigenvalue weighted by Crippen LogP contribution is -2.11. The summed E-state index contributed by atoms with van der Waals surface area (Å²) in [4.78, 5) is 38.6. The monoisotopic (exact) mass is 407 g/mol. The maximum Gasteiger partial charge on any atom is 0.293 e. The summed E-state index contributed by atoms with van der Waals surface area (Å²) >= 11 is 0. The van der Waals surface area contributed by atoms with Crippen molar-refractivity contribution in [3.05, 3.63) is 81.9 Å². The molecule has 0 aliphatic carbocycles. The van der Waals surface area contributed by atoms with Gasteiger partial charge in [0.25, 0.3) is 5.69 Å². The van der Waals surface area contributed by atoms with Crippen LogP contribution in [0.1, 0.15) is 28.7 Å². The molecule has 0 saturated heterocycles. The molecule has 0 aliphatic rings. The minimum absolute atomic E-state index is 0.137. The molecule has 154 valence electrons. The van der Waals surface area contributed by atoms with Crippen LogP contribution in [0.15, 0.2) is 54.9 Å². The number of hydrogen-bond donors (Lipinski definition) is 2. The first-order chi connectivity index (χ1) is 14.3. The van der Waals surface area contributed by atoms with Gasteiger partial charge in [0.15, 0.2) is 5.82 Å². The van der Waals surface area contributed by atoms with Crippen molar-refractivity contribution in [2.24, 2.45) is 7.05 Å². The molecule has 9 nitrogen and oxygen atoms in total. The van der Waals surface area contributed by atoms with Crippen LogP contribution >= 0.6 is 0 Å². The van der Waals surface area contributed by atoms with E-state index in [0.29, 0.717) is 24.3 Å². The van der Waals surface area contributed by atoms with Crippen LogP contribution in [0.5, 0.6) is 0 Å². The predicted octanol–water partition coefficient (Wildman–Crippen LogP) is 3.17. The lowest BCUT2D eigenvalue weighted by atomic mass is 10.1. The van der Waals surface area contributed by atoms with Crippen LogP contribution in [-0.2, 0) is 18.3 Å². The molecule has 0 atom stereocenters. The average molecular weight is 407 g/mol. The fourth-order valence-corrected chi connectivity index (χ4v) is 2.99. The summed E-state index contributed by atoms with van der Waals surface area (Å²) in [7, 11) is 1.69. The third-order valence-electron chi connectivity index (χ3n) is 4.48. The van der Waals surface area contributed by atoms with Crippen molar-refractivity contribution < 1.29 is 14.5 Å². The highest BCUT2D eigenvalue weighted by molar-refractivity contribution is 6.07. The highest BCUT2D eigenvalue weighted by Gasteiger charge is 2.20. The van der Waals surface area contributed by atoms with Crippen LogP contribution in [0.2, 0.25) is 0 Å². The van der Waals surface area contributed by atoms with E-state index < -0.39 is 4.92 Å². The second kappa shape index (κ2) is 8.99. The number of ketones is 1. The Morgan fingerprint density at radius 1 is 1.17 bits per heavy atom. The van der Waals surface area contributed by atoms with Crippen LogP contribution in [0.4, 0.5) is 17.1 Å². The van der Waals surface area contributed by atoms with Gasteiger partial charge in [0.05, 0.1) is 4.92 Å². The summed E-state index contributed by atoms with van der Waals surface area (Å²) in [6.07, 6.45) is 3.77. The number of imidazole rings is 1. The third kappa shape index (κ3) is 4.88. The molecule has 3 rings (SSSR count). The van der Waals surface area contributed by atoms with Crippen molar-refractivity contribution in [3.63, 3.8) is 0 Å². The SMILES string of the molecule is CC(=O)Nc1ccc(CCNc2ccc(C(=O)c3nccn3C)cc2[N+](=O)[O-])cc1. The Kier molecular flexibility index (Phi) is 6.21. The molecule has 0 bridgehead atoms. The van der Waals surface area contributed by atoms with Gasteiger partial charge in [-0.15, -0.1) is 0 Å². The number of nitrogens with zero attached hydrogens (tertiary/aromatic N) is 3. The van der Waals surface area contributed by atoms with Gasteiger partial charge in [0.1, 0.15) is 5.69 Å². The minimum Gasteiger partial charge on any atom is -0.379 e. The third-order valence-corrected chi connectivity index (χ3v) is 4.48. The summed E-state index contributed by atoms with van der Waals surface area (Å²) in [6.45, 7) is 1.91. The quantitative estimate of drug-likeness (QED) is 0.336. The van der Waals surface area contributed by atoms with E-state index in [4.69, 9.17) is 0 Å². The van der Waals surface area contributed by atoms with Crippen molar-refractivity contribution in [1.29, 1.82) is 0 Å². The van der Waals surface area contributed by atoms with E-state index >= 15 is 0 Å². The summed E-state index contributed by atoms with van der Waals surface area (Å²) in [5, 5.41) is 17.3. The van der Waals surface area contributed by atoms with Crippen LogP contribution in [0.25, 0.3) is 0 Å². The summed E-state index contributed by atoms with van der Waals surface area (Å²) < 4.78 is 1.57. The van der Waals surface area contributed by atoms with Crippen molar-refractivity contribution in [1.82, 2.24) is 9.55 Å². The zero-order valence-electron chi connectivity index (χ0n) is 16.6. The largest absolute Gasteiger partial charge is 0.379 e. The standard InChI is InChI=1S/C21H21N5O4/c1-14(27)24-17-6-3-15(4-7-17)9-10-22-18-8-5-16(13-19(18)26(29)30)20(28)21-23-11-12-25(21)2/h3-8,11-13,22H,9-10H2,1-2H3,(H,24,27). The summed E-state index contributed by atoms with van der Waals surface area (Å²) in [5.74, 6) is -0.300. The van der Waals surface area contributed by atoms with E-state index in [9.17, 15) is 19.7 Å². The molecule has 0 saturated carbocycles. The zero-order chi connectivity index (χ0) is 21.7. The Balaban J connectivity index is 1.68. The first-order valence-corrected chi connectivity index (χ1v) is 9.26. The molecule has 0 unspecified atom stereocenters. The molecule has 2 N–H and O–H groups in total. The number of amides is 1. The molecule has 0 radical (unpaired) electrons. The molecule has 0 aliphatic heterocycles. The van der Waals surface area contributed by atoms with Crippen molar-refractivity contribution in [3.8, 4) is 0 Å². The first-order valence-electron chi connectivity index (χ1n) is 9.26. The lowest BCUT2D eigenvalue weighted by molar-refractivity contribution is -0.384. The number of nitro benzene ring substituents is 1. The maximum atomic E-state index is 12.6. The van der Waals surface area contributed by atoms with Gasteiger partial charge in [-0.25, -0.2) is 4.98 Å². The summed E-state index contributed by atoms with van der Waals surface area (Å²) in [6, 6.07) is 11.7. The highest BCUT2D eigenvalue weighted by Crippen LogP contribution is 2.26. The summed E-state index contributed by atoms with van der Waals surface area (Å²) in [5.41, 5.74) is 2.10. The van der Waals surface area contributed by atoms with Gasteiger partial charge >= 0.3 is 0 Å². The number of rotatable bonds is 8. The van der Waals surface area contributed by atoms with Crippen molar-refractivity contribution >= 4 is 28.8 Å². The van der Waals surface area contributed by atoms with E-state index in [2.05, 4.69) is 15.6 Å². The first kappa shape index (κ1) is 20.7. The van der Waals surface area contributed by atoms with Crippen LogP contribution in [0, 0.1) is 10.1 Å². The smallest absolute Gasteiger partial charge is 0.293 e. The number of nitro groups is 1. The van der Waals surface area contributed by atoms with E-state index in [-0.39, 0.29) is 28.8 Å². The fourth-order valence-electron chi connectivity index (χ4n) is 2.99. The van der Waals surface area contributed by atoms with Gasteiger partial charge in [-0.1, -0.05) is 12.1 Å². The van der Waals surface area contributed by atoms with E-state index in [1.54, 1.807) is 36.0 Å². The van der Waals surface area contributed by atoms with Gasteiger partial charge in [-0.3, -0.25) is 19.7 Å². The molecule has 2 aromatic carbocycles. The number of hydrogen-bond acceptors (Lipinski definition) is 6. The maximum absolute atomic E-state index is 12.6. The Morgan fingerprint density at radius 3 is 2.50 bits per heavy atom. The molecule has 30 heavy (non-hydrogen) atoms. The molecule has 3 aromatic rings. The van der Waals surface area contributed by atoms with Gasteiger partial charge in [-0.05, 0) is 36.2 Å². The van der Waals surface area contributed by atoms with Gasteiger partial charge in [0, 0.05) is 50.2 Å². The second-order valence-corrected chi connectivity index (χ2v) is 6.73. The van der Waals surface area contributed by atoms with Crippen LogP contribution in [0.3, 0.4) is 0 Å². The number of aromatic nitrogens is 2. The van der Waals surface area contributed by atoms with Gasteiger partial charge in [-0.2, -0.15) is 0 Å². The number of carbonyl (C=O) groups is 2. The number of benzene rings is 2. The van der Waals surface area contributed by atoms with Gasteiger partial charge in [0.2, 0.25) is 11.7 Å². The number of aryl methyl sites for hydroxylation is 1. The van der Waals surface area contributed by atoms with Crippen molar-refractivity contribution in [2.45, 2.75) is 13.3 Å². The van der Waals surface area contributed by atoms with Crippen LogP contribution in [-0.4, -0.2) is 32.7 Å². The molecule has 0 fully saturated rings. The molecule has 9 heteroatoms. The molecular weight excluding hydrogens is 386 g/mol. The normalized spacial score (nSPS) is 10.5. The van der Waals surface area contributed by atoms with E-state index in [1.165, 1.54) is 25.3 Å². The minimum atomic E-state index is -0.514. The Bertz CT molecular complexity index is 1090. The van der Waals surface area contributed by atoms with Crippen LogP contribution < -0.4 is 10.6 Å². The predicted molar refractivity (Wildman–Crippen MR) is 113 cm³/mol. The number of anilines is 2. The molecule has 0 spiro atoms. The Hall–Kier alpha value is -4.01.